The Hall–Kier alpha value is -3.56. The van der Waals surface area contributed by atoms with Crippen LogP contribution in [-0.4, -0.2) is 29.4 Å². The fourth-order valence-corrected chi connectivity index (χ4v) is 4.49. The number of rotatable bonds is 5. The molecule has 29 heavy (non-hydrogen) atoms. The second-order valence-corrected chi connectivity index (χ2v) is 7.64. The van der Waals surface area contributed by atoms with Crippen molar-refractivity contribution in [1.82, 2.24) is 4.90 Å². The second kappa shape index (κ2) is 7.12. The van der Waals surface area contributed by atoms with Crippen molar-refractivity contribution in [3.63, 3.8) is 0 Å². The van der Waals surface area contributed by atoms with Gasteiger partial charge in [0.25, 0.3) is 0 Å². The van der Waals surface area contributed by atoms with Gasteiger partial charge in [0, 0.05) is 18.0 Å². The summed E-state index contributed by atoms with van der Waals surface area (Å²) < 4.78 is 5.51. The average Bonchev–Trinajstić information content (AvgIpc) is 3.56. The van der Waals surface area contributed by atoms with Gasteiger partial charge in [-0.2, -0.15) is 15.8 Å². The van der Waals surface area contributed by atoms with E-state index in [1.54, 1.807) is 35.4 Å². The molecule has 0 amide bonds. The summed E-state index contributed by atoms with van der Waals surface area (Å²) in [6, 6.07) is 12.6. The number of hydrogen-bond donors (Lipinski definition) is 0. The molecule has 0 unspecified atom stereocenters. The van der Waals surface area contributed by atoms with E-state index in [0.29, 0.717) is 17.9 Å². The summed E-state index contributed by atoms with van der Waals surface area (Å²) in [5.74, 6) is 0.0855. The Morgan fingerprint density at radius 1 is 1.21 bits per heavy atom. The topological polar surface area (TPSA) is 101 Å². The molecule has 1 saturated carbocycles. The van der Waals surface area contributed by atoms with Crippen molar-refractivity contribution in [3.05, 3.63) is 53.8 Å². The van der Waals surface area contributed by atoms with Gasteiger partial charge in [0.05, 0.1) is 36.4 Å². The minimum absolute atomic E-state index is 0.0381. The molecular weight excluding hydrogens is 364 g/mol. The molecule has 6 heteroatoms. The first kappa shape index (κ1) is 18.8. The maximum absolute atomic E-state index is 13.3. The molecule has 1 saturated heterocycles. The van der Waals surface area contributed by atoms with Gasteiger partial charge in [-0.05, 0) is 43.5 Å². The van der Waals surface area contributed by atoms with Crippen LogP contribution in [0, 0.1) is 45.3 Å². The lowest BCUT2D eigenvalue weighted by Gasteiger charge is -2.30. The number of carbonyl (C=O) groups excluding carboxylic acids is 1. The third-order valence-electron chi connectivity index (χ3n) is 5.98. The number of allylic oxidation sites excluding steroid dienone is 2. The maximum Gasteiger partial charge on any atom is 0.176 e. The number of Topliss-reactive ketones (excluding diaryl/α,β-unsaturated/α-hetero) is 1. The number of hydrogen-bond acceptors (Lipinski definition) is 6. The van der Waals surface area contributed by atoms with E-state index in [9.17, 15) is 20.6 Å². The summed E-state index contributed by atoms with van der Waals surface area (Å²) in [7, 11) is 0. The van der Waals surface area contributed by atoms with Gasteiger partial charge in [-0.3, -0.25) is 4.79 Å². The van der Waals surface area contributed by atoms with Crippen LogP contribution in [0.3, 0.4) is 0 Å². The van der Waals surface area contributed by atoms with Gasteiger partial charge in [0.15, 0.2) is 11.2 Å². The normalized spacial score (nSPS) is 26.5. The van der Waals surface area contributed by atoms with Gasteiger partial charge in [-0.25, -0.2) is 0 Å². The number of nitrogens with zero attached hydrogens (tertiary/aromatic N) is 4. The lowest BCUT2D eigenvalue weighted by atomic mass is 9.69. The summed E-state index contributed by atoms with van der Waals surface area (Å²) in [4.78, 5) is 15.1. The lowest BCUT2D eigenvalue weighted by molar-refractivity contribution is -0.124. The van der Waals surface area contributed by atoms with Crippen LogP contribution in [0.15, 0.2) is 48.2 Å². The summed E-state index contributed by atoms with van der Waals surface area (Å²) >= 11 is 0. The first-order valence-corrected chi connectivity index (χ1v) is 9.76. The Bertz CT molecular complexity index is 1000. The summed E-state index contributed by atoms with van der Waals surface area (Å²) in [5, 5.41) is 29.6. The predicted molar refractivity (Wildman–Crippen MR) is 104 cm³/mol. The molecule has 0 bridgehead atoms. The fraction of sp³-hybridized carbons (Fsp3) is 0.391. The van der Waals surface area contributed by atoms with Crippen molar-refractivity contribution in [3.8, 4) is 24.0 Å². The fourth-order valence-electron chi connectivity index (χ4n) is 4.49. The van der Waals surface area contributed by atoms with E-state index >= 15 is 0 Å². The summed E-state index contributed by atoms with van der Waals surface area (Å²) in [6.45, 7) is 2.43. The average molecular weight is 384 g/mol. The highest BCUT2D eigenvalue weighted by atomic mass is 16.5. The Morgan fingerprint density at radius 2 is 1.90 bits per heavy atom. The van der Waals surface area contributed by atoms with Gasteiger partial charge in [-0.1, -0.05) is 18.2 Å². The minimum atomic E-state index is -1.43. The molecule has 0 radical (unpaired) electrons. The zero-order chi connectivity index (χ0) is 20.6. The highest BCUT2D eigenvalue weighted by molar-refractivity contribution is 5.90. The van der Waals surface area contributed by atoms with E-state index in [0.717, 1.165) is 18.4 Å². The van der Waals surface area contributed by atoms with Crippen molar-refractivity contribution >= 4 is 5.78 Å². The largest absolute Gasteiger partial charge is 0.494 e. The quantitative estimate of drug-likeness (QED) is 0.773. The molecule has 3 aliphatic rings. The Labute approximate surface area is 169 Å². The van der Waals surface area contributed by atoms with Gasteiger partial charge in [-0.15, -0.1) is 0 Å². The van der Waals surface area contributed by atoms with Crippen molar-refractivity contribution in [1.29, 1.82) is 15.8 Å². The number of nitriles is 3. The molecule has 0 N–H and O–H groups in total. The third kappa shape index (κ3) is 2.87. The molecule has 2 fully saturated rings. The van der Waals surface area contributed by atoms with E-state index in [4.69, 9.17) is 4.74 Å². The van der Waals surface area contributed by atoms with Crippen molar-refractivity contribution in [2.45, 2.75) is 37.8 Å². The standard InChI is InChI=1S/C23H20N4O2/c1-2-29-18-8-6-16(7-9-18)20-21(22(28)17-4-5-17)27-12-15(11-24)3-10-19(27)23(20,13-25)14-26/h3,6-10,12,17,19-21H,2,4-5H2,1H3/t19-,20+,21-/m0/s1. The lowest BCUT2D eigenvalue weighted by Crippen LogP contribution is -2.40. The monoisotopic (exact) mass is 384 g/mol. The van der Waals surface area contributed by atoms with Crippen LogP contribution in [0.2, 0.25) is 0 Å². The van der Waals surface area contributed by atoms with Crippen molar-refractivity contribution in [2.75, 3.05) is 6.61 Å². The van der Waals surface area contributed by atoms with Crippen LogP contribution < -0.4 is 4.74 Å². The zero-order valence-corrected chi connectivity index (χ0v) is 16.1. The van der Waals surface area contributed by atoms with Crippen LogP contribution in [0.5, 0.6) is 5.75 Å². The zero-order valence-electron chi connectivity index (χ0n) is 16.1. The molecule has 1 aromatic carbocycles. The molecule has 1 aliphatic carbocycles. The number of carbonyl (C=O) groups is 1. The number of fused-ring (bicyclic) bond motifs is 1. The van der Waals surface area contributed by atoms with Crippen LogP contribution in [-0.2, 0) is 4.79 Å². The highest BCUT2D eigenvalue weighted by Crippen LogP contribution is 2.54. The van der Waals surface area contributed by atoms with Gasteiger partial charge < -0.3 is 9.64 Å². The maximum atomic E-state index is 13.3. The van der Waals surface area contributed by atoms with Crippen LogP contribution in [0.25, 0.3) is 0 Å². The predicted octanol–water partition coefficient (Wildman–Crippen LogP) is 3.21. The molecule has 2 heterocycles. The second-order valence-electron chi connectivity index (χ2n) is 7.64. The number of ketones is 1. The van der Waals surface area contributed by atoms with E-state index < -0.39 is 23.4 Å². The molecule has 6 nitrogen and oxygen atoms in total. The van der Waals surface area contributed by atoms with Crippen LogP contribution >= 0.6 is 0 Å². The third-order valence-corrected chi connectivity index (χ3v) is 5.98. The Morgan fingerprint density at radius 3 is 2.45 bits per heavy atom. The minimum Gasteiger partial charge on any atom is -0.494 e. The van der Waals surface area contributed by atoms with Crippen molar-refractivity contribution < 1.29 is 9.53 Å². The van der Waals surface area contributed by atoms with Crippen LogP contribution in [0.1, 0.15) is 31.2 Å². The smallest absolute Gasteiger partial charge is 0.176 e. The van der Waals surface area contributed by atoms with Crippen molar-refractivity contribution in [2.24, 2.45) is 11.3 Å². The first-order chi connectivity index (χ1) is 14.1. The SMILES string of the molecule is CCOc1ccc([C@@H]2[C@@H](C(=O)C3CC3)N3C=C(C#N)C=C[C@H]3C2(C#N)C#N)cc1. The molecule has 1 aromatic rings. The Balaban J connectivity index is 1.87. The van der Waals surface area contributed by atoms with E-state index in [1.165, 1.54) is 0 Å². The molecule has 4 rings (SSSR count). The van der Waals surface area contributed by atoms with E-state index in [1.807, 2.05) is 19.1 Å². The highest BCUT2D eigenvalue weighted by Gasteiger charge is 2.63. The summed E-state index contributed by atoms with van der Waals surface area (Å²) in [5.41, 5.74) is -0.270. The molecule has 2 aliphatic heterocycles. The van der Waals surface area contributed by atoms with Gasteiger partial charge in [0.2, 0.25) is 0 Å². The molecule has 0 spiro atoms. The van der Waals surface area contributed by atoms with Crippen LogP contribution in [0.4, 0.5) is 0 Å². The molecule has 3 atom stereocenters. The van der Waals surface area contributed by atoms with E-state index in [2.05, 4.69) is 18.2 Å². The number of ether oxygens (including phenoxy) is 1. The molecule has 0 aromatic heterocycles. The first-order valence-electron chi connectivity index (χ1n) is 9.76. The van der Waals surface area contributed by atoms with Gasteiger partial charge in [0.1, 0.15) is 11.8 Å². The number of benzene rings is 1. The molecule has 144 valence electrons. The Kier molecular flexibility index (Phi) is 4.61. The van der Waals surface area contributed by atoms with E-state index in [-0.39, 0.29) is 11.7 Å². The summed E-state index contributed by atoms with van der Waals surface area (Å²) in [6.07, 6.45) is 6.64. The molecular formula is C23H20N4O2. The van der Waals surface area contributed by atoms with Gasteiger partial charge >= 0.3 is 0 Å².